The van der Waals surface area contributed by atoms with Crippen LogP contribution in [0.15, 0.2) is 32.9 Å². The summed E-state index contributed by atoms with van der Waals surface area (Å²) < 4.78 is 0.775. The van der Waals surface area contributed by atoms with Crippen LogP contribution in [0.25, 0.3) is 0 Å². The van der Waals surface area contributed by atoms with Crippen LogP contribution in [0.3, 0.4) is 0 Å². The van der Waals surface area contributed by atoms with Crippen LogP contribution in [0.2, 0.25) is 0 Å². The van der Waals surface area contributed by atoms with Gasteiger partial charge in [0.25, 0.3) is 5.91 Å². The van der Waals surface area contributed by atoms with Gasteiger partial charge in [0.1, 0.15) is 0 Å². The number of hydrogen-bond donors (Lipinski definition) is 1. The van der Waals surface area contributed by atoms with Gasteiger partial charge < -0.3 is 4.90 Å². The van der Waals surface area contributed by atoms with Crippen molar-refractivity contribution in [3.05, 3.63) is 44.3 Å². The lowest BCUT2D eigenvalue weighted by Gasteiger charge is -2.17. The van der Waals surface area contributed by atoms with Gasteiger partial charge in [-0.2, -0.15) is 0 Å². The zero-order chi connectivity index (χ0) is 14.0. The molecular formula is C13H13BrN2OS2. The molecule has 1 heterocycles. The summed E-state index contributed by atoms with van der Waals surface area (Å²) >= 11 is 9.25. The van der Waals surface area contributed by atoms with E-state index in [-0.39, 0.29) is 5.91 Å². The predicted molar refractivity (Wildman–Crippen MR) is 84.0 cm³/mol. The highest BCUT2D eigenvalue weighted by molar-refractivity contribution is 9.10. The minimum absolute atomic E-state index is 0.0478. The first-order valence-electron chi connectivity index (χ1n) is 5.62. The van der Waals surface area contributed by atoms with E-state index < -0.39 is 0 Å². The molecule has 0 aliphatic heterocycles. The molecule has 0 radical (unpaired) electrons. The molecule has 2 aromatic rings. The molecule has 2 rings (SSSR count). The molecule has 0 fully saturated rings. The van der Waals surface area contributed by atoms with Gasteiger partial charge in [-0.15, -0.1) is 24.0 Å². The quantitative estimate of drug-likeness (QED) is 0.849. The Morgan fingerprint density at radius 3 is 2.89 bits per heavy atom. The van der Waals surface area contributed by atoms with Crippen molar-refractivity contribution in [1.29, 1.82) is 0 Å². The lowest BCUT2D eigenvalue weighted by molar-refractivity contribution is 0.0782. The van der Waals surface area contributed by atoms with Gasteiger partial charge in [0.05, 0.1) is 22.8 Å². The van der Waals surface area contributed by atoms with E-state index in [1.54, 1.807) is 29.4 Å². The average molecular weight is 357 g/mol. The number of benzene rings is 1. The molecule has 100 valence electrons. The highest BCUT2D eigenvalue weighted by atomic mass is 79.9. The van der Waals surface area contributed by atoms with Crippen molar-refractivity contribution in [2.45, 2.75) is 18.4 Å². The number of hydrogen-bond acceptors (Lipinski definition) is 4. The van der Waals surface area contributed by atoms with Crippen molar-refractivity contribution in [3.8, 4) is 0 Å². The molecule has 0 aliphatic rings. The third-order valence-electron chi connectivity index (χ3n) is 2.59. The molecule has 0 N–H and O–H groups in total. The summed E-state index contributed by atoms with van der Waals surface area (Å²) in [5, 5.41) is 2.98. The molecule has 0 unspecified atom stereocenters. The Labute approximate surface area is 130 Å². The standard InChI is InChI=1S/C13H13BrN2OS2/c1-8-15-9(7-19-8)6-16(2)13(17)11-5-10(18)3-4-12(11)14/h3-5,7,18H,6H2,1-2H3. The molecule has 0 bridgehead atoms. The van der Waals surface area contributed by atoms with Crippen LogP contribution in [0.5, 0.6) is 0 Å². The average Bonchev–Trinajstić information content (AvgIpc) is 2.77. The van der Waals surface area contributed by atoms with Crippen molar-refractivity contribution < 1.29 is 4.79 Å². The summed E-state index contributed by atoms with van der Waals surface area (Å²) in [7, 11) is 1.77. The molecule has 0 saturated carbocycles. The van der Waals surface area contributed by atoms with Gasteiger partial charge in [-0.3, -0.25) is 4.79 Å². The molecule has 0 spiro atoms. The Morgan fingerprint density at radius 1 is 1.53 bits per heavy atom. The largest absolute Gasteiger partial charge is 0.336 e. The fourth-order valence-corrected chi connectivity index (χ4v) is 2.90. The van der Waals surface area contributed by atoms with Crippen molar-refractivity contribution in [3.63, 3.8) is 0 Å². The molecule has 19 heavy (non-hydrogen) atoms. The van der Waals surface area contributed by atoms with Crippen LogP contribution in [-0.2, 0) is 6.54 Å². The summed E-state index contributed by atoms with van der Waals surface area (Å²) in [5.41, 5.74) is 1.53. The smallest absolute Gasteiger partial charge is 0.255 e. The zero-order valence-corrected chi connectivity index (χ0v) is 13.8. The normalized spacial score (nSPS) is 10.5. The third kappa shape index (κ3) is 3.58. The molecule has 6 heteroatoms. The first kappa shape index (κ1) is 14.6. The summed E-state index contributed by atoms with van der Waals surface area (Å²) in [4.78, 5) is 19.2. The maximum absolute atomic E-state index is 12.4. The minimum Gasteiger partial charge on any atom is -0.336 e. The number of thiol groups is 1. The van der Waals surface area contributed by atoms with Gasteiger partial charge >= 0.3 is 0 Å². The first-order valence-corrected chi connectivity index (χ1v) is 7.74. The van der Waals surface area contributed by atoms with E-state index in [4.69, 9.17) is 0 Å². The van der Waals surface area contributed by atoms with E-state index in [1.807, 2.05) is 24.4 Å². The van der Waals surface area contributed by atoms with E-state index in [9.17, 15) is 4.79 Å². The molecule has 3 nitrogen and oxygen atoms in total. The lowest BCUT2D eigenvalue weighted by atomic mass is 10.2. The number of rotatable bonds is 3. The maximum Gasteiger partial charge on any atom is 0.255 e. The molecule has 0 atom stereocenters. The number of thiazole rings is 1. The molecule has 1 amide bonds. The van der Waals surface area contributed by atoms with Gasteiger partial charge in [-0.1, -0.05) is 0 Å². The van der Waals surface area contributed by atoms with Gasteiger partial charge in [0.15, 0.2) is 0 Å². The van der Waals surface area contributed by atoms with E-state index in [0.717, 1.165) is 20.1 Å². The van der Waals surface area contributed by atoms with Crippen LogP contribution < -0.4 is 0 Å². The Kier molecular flexibility index (Phi) is 4.65. The second kappa shape index (κ2) is 6.07. The highest BCUT2D eigenvalue weighted by Gasteiger charge is 2.16. The SMILES string of the molecule is Cc1nc(CN(C)C(=O)c2cc(S)ccc2Br)cs1. The van der Waals surface area contributed by atoms with Gasteiger partial charge in [0, 0.05) is 21.8 Å². The van der Waals surface area contributed by atoms with Crippen LogP contribution >= 0.6 is 39.9 Å². The Morgan fingerprint density at radius 2 is 2.26 bits per heavy atom. The van der Waals surface area contributed by atoms with Crippen LogP contribution in [0.1, 0.15) is 21.1 Å². The van der Waals surface area contributed by atoms with E-state index >= 15 is 0 Å². The first-order chi connectivity index (χ1) is 8.97. The summed E-state index contributed by atoms with van der Waals surface area (Å²) in [5.74, 6) is -0.0478. The minimum atomic E-state index is -0.0478. The third-order valence-corrected chi connectivity index (χ3v) is 4.38. The van der Waals surface area contributed by atoms with Crippen LogP contribution in [0.4, 0.5) is 0 Å². The number of nitrogens with zero attached hydrogens (tertiary/aromatic N) is 2. The van der Waals surface area contributed by atoms with E-state index in [0.29, 0.717) is 12.1 Å². The fourth-order valence-electron chi connectivity index (χ4n) is 1.68. The summed E-state index contributed by atoms with van der Waals surface area (Å²) in [6.07, 6.45) is 0. The van der Waals surface area contributed by atoms with Gasteiger partial charge in [-0.05, 0) is 41.1 Å². The van der Waals surface area contributed by atoms with Crippen LogP contribution in [-0.4, -0.2) is 22.8 Å². The topological polar surface area (TPSA) is 33.2 Å². The van der Waals surface area contributed by atoms with Gasteiger partial charge in [-0.25, -0.2) is 4.98 Å². The second-order valence-corrected chi connectivity index (χ2v) is 6.62. The van der Waals surface area contributed by atoms with Crippen molar-refractivity contribution in [2.75, 3.05) is 7.05 Å². The number of aromatic nitrogens is 1. The summed E-state index contributed by atoms with van der Waals surface area (Å²) in [6.45, 7) is 2.46. The lowest BCUT2D eigenvalue weighted by Crippen LogP contribution is -2.26. The molecule has 0 aliphatic carbocycles. The molecular weight excluding hydrogens is 344 g/mol. The number of halogens is 1. The Balaban J connectivity index is 2.16. The second-order valence-electron chi connectivity index (χ2n) is 4.18. The predicted octanol–water partition coefficient (Wildman–Crippen LogP) is 3.77. The van der Waals surface area contributed by atoms with E-state index in [2.05, 4.69) is 33.5 Å². The van der Waals surface area contributed by atoms with E-state index in [1.165, 1.54) is 0 Å². The molecule has 1 aromatic carbocycles. The number of carbonyl (C=O) groups is 1. The molecule has 0 saturated heterocycles. The summed E-state index contributed by atoms with van der Waals surface area (Å²) in [6, 6.07) is 5.43. The highest BCUT2D eigenvalue weighted by Crippen LogP contribution is 2.22. The fraction of sp³-hybridized carbons (Fsp3) is 0.231. The van der Waals surface area contributed by atoms with Crippen LogP contribution in [0, 0.1) is 6.92 Å². The van der Waals surface area contributed by atoms with Crippen molar-refractivity contribution in [2.24, 2.45) is 0 Å². The number of aryl methyl sites for hydroxylation is 1. The van der Waals surface area contributed by atoms with Crippen molar-refractivity contribution in [1.82, 2.24) is 9.88 Å². The zero-order valence-electron chi connectivity index (χ0n) is 10.6. The van der Waals surface area contributed by atoms with Gasteiger partial charge in [0.2, 0.25) is 0 Å². The number of amides is 1. The molecule has 1 aromatic heterocycles. The number of carbonyl (C=O) groups excluding carboxylic acids is 1. The Hall–Kier alpha value is -0.850. The monoisotopic (exact) mass is 356 g/mol. The Bertz CT molecular complexity index is 612. The maximum atomic E-state index is 12.4. The van der Waals surface area contributed by atoms with Crippen molar-refractivity contribution >= 4 is 45.8 Å².